The molecule has 0 heterocycles. The number of ether oxygens (including phenoxy) is 2. The van der Waals surface area contributed by atoms with Gasteiger partial charge in [-0.3, -0.25) is 9.59 Å². The first kappa shape index (κ1) is 23.2. The lowest BCUT2D eigenvalue weighted by Crippen LogP contribution is -2.32. The van der Waals surface area contributed by atoms with E-state index in [-0.39, 0.29) is 29.1 Å². The molecule has 2 aromatic rings. The van der Waals surface area contributed by atoms with Gasteiger partial charge in [0.25, 0.3) is 5.91 Å². The zero-order valence-corrected chi connectivity index (χ0v) is 18.0. The second-order valence-electron chi connectivity index (χ2n) is 7.14. The van der Waals surface area contributed by atoms with Gasteiger partial charge < -0.3 is 20.1 Å². The Kier molecular flexibility index (Phi) is 8.21. The van der Waals surface area contributed by atoms with Crippen LogP contribution >= 0.6 is 0 Å². The Hall–Kier alpha value is -3.09. The van der Waals surface area contributed by atoms with Crippen LogP contribution in [-0.4, -0.2) is 25.0 Å². The predicted molar refractivity (Wildman–Crippen MR) is 115 cm³/mol. The van der Waals surface area contributed by atoms with Crippen molar-refractivity contribution in [2.24, 2.45) is 5.92 Å². The molecule has 0 aliphatic heterocycles. The maximum atomic E-state index is 13.9. The predicted octanol–water partition coefficient (Wildman–Crippen LogP) is 4.71. The van der Waals surface area contributed by atoms with Crippen molar-refractivity contribution in [1.29, 1.82) is 0 Å². The third-order valence-corrected chi connectivity index (χ3v) is 4.42. The summed E-state index contributed by atoms with van der Waals surface area (Å²) in [5.74, 6) is -0.0370. The number of hydrogen-bond acceptors (Lipinski definition) is 4. The molecule has 0 aliphatic rings. The van der Waals surface area contributed by atoms with E-state index in [2.05, 4.69) is 10.6 Å². The van der Waals surface area contributed by atoms with E-state index in [0.29, 0.717) is 24.7 Å². The number of carbonyl (C=O) groups excluding carboxylic acids is 2. The molecular formula is C23H29FN2O4. The van der Waals surface area contributed by atoms with Gasteiger partial charge >= 0.3 is 0 Å². The van der Waals surface area contributed by atoms with Crippen molar-refractivity contribution in [3.8, 4) is 11.5 Å². The van der Waals surface area contributed by atoms with Crippen molar-refractivity contribution in [1.82, 2.24) is 5.32 Å². The van der Waals surface area contributed by atoms with Crippen LogP contribution in [0.5, 0.6) is 11.5 Å². The smallest absolute Gasteiger partial charge is 0.251 e. The number of rotatable bonds is 9. The molecule has 0 aliphatic carbocycles. The molecule has 30 heavy (non-hydrogen) atoms. The van der Waals surface area contributed by atoms with Gasteiger partial charge in [0, 0.05) is 12.5 Å². The van der Waals surface area contributed by atoms with E-state index in [9.17, 15) is 14.0 Å². The molecule has 0 radical (unpaired) electrons. The first-order chi connectivity index (χ1) is 14.3. The average Bonchev–Trinajstić information content (AvgIpc) is 2.69. The minimum Gasteiger partial charge on any atom is -0.490 e. The summed E-state index contributed by atoms with van der Waals surface area (Å²) in [6.07, 6.45) is 0. The summed E-state index contributed by atoms with van der Waals surface area (Å²) in [5, 5.41) is 5.39. The molecule has 2 aromatic carbocycles. The quantitative estimate of drug-likeness (QED) is 0.621. The minimum atomic E-state index is -0.602. The van der Waals surface area contributed by atoms with Crippen LogP contribution in [0.25, 0.3) is 0 Å². The Balaban J connectivity index is 2.30. The van der Waals surface area contributed by atoms with Gasteiger partial charge in [0.15, 0.2) is 11.5 Å². The summed E-state index contributed by atoms with van der Waals surface area (Å²) in [4.78, 5) is 24.1. The second-order valence-corrected chi connectivity index (χ2v) is 7.14. The molecule has 0 spiro atoms. The van der Waals surface area contributed by atoms with Gasteiger partial charge in [-0.1, -0.05) is 19.9 Å². The number of carbonyl (C=O) groups is 2. The highest BCUT2D eigenvalue weighted by Gasteiger charge is 2.22. The van der Waals surface area contributed by atoms with Gasteiger partial charge in [-0.2, -0.15) is 0 Å². The average molecular weight is 416 g/mol. The van der Waals surface area contributed by atoms with Gasteiger partial charge in [-0.25, -0.2) is 4.39 Å². The number of hydrogen-bond donors (Lipinski definition) is 2. The monoisotopic (exact) mass is 416 g/mol. The molecule has 0 saturated heterocycles. The molecule has 2 N–H and O–H groups in total. The van der Waals surface area contributed by atoms with Crippen LogP contribution in [0.15, 0.2) is 36.4 Å². The minimum absolute atomic E-state index is 0.0315. The zero-order valence-electron chi connectivity index (χ0n) is 18.0. The number of anilines is 1. The van der Waals surface area contributed by atoms with Gasteiger partial charge in [0.2, 0.25) is 5.91 Å². The topological polar surface area (TPSA) is 76.7 Å². The fraction of sp³-hybridized carbons (Fsp3) is 0.391. The highest BCUT2D eigenvalue weighted by Crippen LogP contribution is 2.33. The van der Waals surface area contributed by atoms with Gasteiger partial charge in [-0.15, -0.1) is 0 Å². The Bertz CT molecular complexity index is 899. The molecule has 2 rings (SSSR count). The SMILES string of the molecule is CCOc1ccc(C(NC(=O)c2ccc(F)c(NC(C)=O)c2)C(C)C)cc1OCC. The first-order valence-corrected chi connectivity index (χ1v) is 10.0. The zero-order chi connectivity index (χ0) is 22.3. The van der Waals surface area contributed by atoms with Gasteiger partial charge in [-0.05, 0) is 55.7 Å². The van der Waals surface area contributed by atoms with Crippen LogP contribution in [0.4, 0.5) is 10.1 Å². The fourth-order valence-electron chi connectivity index (χ4n) is 3.07. The highest BCUT2D eigenvalue weighted by molar-refractivity contribution is 5.97. The first-order valence-electron chi connectivity index (χ1n) is 10.0. The van der Waals surface area contributed by atoms with Gasteiger partial charge in [0.1, 0.15) is 5.82 Å². The van der Waals surface area contributed by atoms with E-state index in [0.717, 1.165) is 11.6 Å². The molecule has 0 aromatic heterocycles. The molecule has 162 valence electrons. The maximum absolute atomic E-state index is 13.9. The highest BCUT2D eigenvalue weighted by atomic mass is 19.1. The molecule has 1 atom stereocenters. The van der Waals surface area contributed by atoms with Crippen LogP contribution in [0.1, 0.15) is 56.6 Å². The van der Waals surface area contributed by atoms with Crippen LogP contribution in [0.3, 0.4) is 0 Å². The number of halogens is 1. The number of amides is 2. The lowest BCUT2D eigenvalue weighted by molar-refractivity contribution is -0.114. The number of nitrogens with one attached hydrogen (secondary N) is 2. The molecule has 0 saturated carbocycles. The Morgan fingerprint density at radius 1 is 1.00 bits per heavy atom. The lowest BCUT2D eigenvalue weighted by atomic mass is 9.95. The lowest BCUT2D eigenvalue weighted by Gasteiger charge is -2.24. The molecule has 2 amide bonds. The van der Waals surface area contributed by atoms with Crippen molar-refractivity contribution in [3.05, 3.63) is 53.3 Å². The largest absolute Gasteiger partial charge is 0.490 e. The summed E-state index contributed by atoms with van der Waals surface area (Å²) < 4.78 is 25.2. The number of benzene rings is 2. The molecule has 0 fully saturated rings. The van der Waals surface area contributed by atoms with Crippen LogP contribution < -0.4 is 20.1 Å². The molecule has 7 heteroatoms. The third kappa shape index (κ3) is 5.95. The van der Waals surface area contributed by atoms with Crippen LogP contribution in [0.2, 0.25) is 0 Å². The van der Waals surface area contributed by atoms with E-state index >= 15 is 0 Å². The summed E-state index contributed by atoms with van der Waals surface area (Å²) in [5.41, 5.74) is 1.09. The van der Waals surface area contributed by atoms with Crippen molar-refractivity contribution in [2.45, 2.75) is 40.7 Å². The third-order valence-electron chi connectivity index (χ3n) is 4.42. The van der Waals surface area contributed by atoms with Crippen molar-refractivity contribution in [2.75, 3.05) is 18.5 Å². The van der Waals surface area contributed by atoms with E-state index in [1.165, 1.54) is 19.1 Å². The van der Waals surface area contributed by atoms with Crippen LogP contribution in [0, 0.1) is 11.7 Å². The van der Waals surface area contributed by atoms with E-state index < -0.39 is 11.7 Å². The second kappa shape index (κ2) is 10.6. The van der Waals surface area contributed by atoms with Crippen LogP contribution in [-0.2, 0) is 4.79 Å². The van der Waals surface area contributed by atoms with E-state index in [1.807, 2.05) is 45.9 Å². The Morgan fingerprint density at radius 3 is 2.27 bits per heavy atom. The Morgan fingerprint density at radius 2 is 1.67 bits per heavy atom. The maximum Gasteiger partial charge on any atom is 0.251 e. The van der Waals surface area contributed by atoms with Crippen molar-refractivity contribution < 1.29 is 23.5 Å². The van der Waals surface area contributed by atoms with Crippen molar-refractivity contribution >= 4 is 17.5 Å². The molecule has 0 bridgehead atoms. The fourth-order valence-corrected chi connectivity index (χ4v) is 3.07. The molecular weight excluding hydrogens is 387 g/mol. The molecule has 1 unspecified atom stereocenters. The van der Waals surface area contributed by atoms with E-state index in [1.54, 1.807) is 0 Å². The summed E-state index contributed by atoms with van der Waals surface area (Å²) >= 11 is 0. The summed E-state index contributed by atoms with van der Waals surface area (Å²) in [7, 11) is 0. The van der Waals surface area contributed by atoms with Crippen molar-refractivity contribution in [3.63, 3.8) is 0 Å². The van der Waals surface area contributed by atoms with E-state index in [4.69, 9.17) is 9.47 Å². The summed E-state index contributed by atoms with van der Waals surface area (Å²) in [6.45, 7) is 10.1. The standard InChI is InChI=1S/C23H29FN2O4/c1-6-29-20-11-9-16(13-21(20)30-7-2)22(14(3)4)26-23(28)17-8-10-18(24)19(12-17)25-15(5)27/h8-14,22H,6-7H2,1-5H3,(H,25,27)(H,26,28). The summed E-state index contributed by atoms with van der Waals surface area (Å²) in [6, 6.07) is 9.16. The van der Waals surface area contributed by atoms with Gasteiger partial charge in [0.05, 0.1) is 24.9 Å². The Labute approximate surface area is 176 Å². The molecule has 6 nitrogen and oxygen atoms in total. The normalized spacial score (nSPS) is 11.7.